The largest absolute Gasteiger partial charge is 0.464 e. The molecule has 0 bridgehead atoms. The average molecular weight is 172 g/mol. The summed E-state index contributed by atoms with van der Waals surface area (Å²) in [6.45, 7) is 3.63. The molecule has 0 unspecified atom stereocenters. The number of nitrogens with zero attached hydrogens (tertiary/aromatic N) is 1. The average Bonchev–Trinajstić information content (AvgIpc) is 2.79. The zero-order valence-corrected chi connectivity index (χ0v) is 7.00. The van der Waals surface area contributed by atoms with Gasteiger partial charge in [0.25, 0.3) is 0 Å². The van der Waals surface area contributed by atoms with Crippen molar-refractivity contribution in [2.45, 2.75) is 6.92 Å². The van der Waals surface area contributed by atoms with Gasteiger partial charge in [-0.25, -0.2) is 4.79 Å². The summed E-state index contributed by atoms with van der Waals surface area (Å²) in [5.41, 5.74) is 0. The molecule has 1 saturated heterocycles. The van der Waals surface area contributed by atoms with Gasteiger partial charge in [0.05, 0.1) is 6.54 Å². The van der Waals surface area contributed by atoms with Crippen molar-refractivity contribution in [2.24, 2.45) is 0 Å². The second-order valence-corrected chi connectivity index (χ2v) is 2.56. The minimum atomic E-state index is -0.323. The van der Waals surface area contributed by atoms with E-state index in [1.807, 2.05) is 0 Å². The van der Waals surface area contributed by atoms with Crippen LogP contribution in [-0.4, -0.2) is 43.1 Å². The molecule has 0 aromatic heterocycles. The van der Waals surface area contributed by atoms with Crippen molar-refractivity contribution in [1.29, 1.82) is 0 Å². The molecule has 68 valence electrons. The minimum absolute atomic E-state index is 0.0813. The molecular weight excluding hydrogens is 160 g/mol. The van der Waals surface area contributed by atoms with E-state index in [1.54, 1.807) is 4.90 Å². The van der Waals surface area contributed by atoms with Crippen LogP contribution in [-0.2, 0) is 9.53 Å². The number of urea groups is 1. The van der Waals surface area contributed by atoms with E-state index >= 15 is 0 Å². The Morgan fingerprint density at radius 2 is 2.17 bits per heavy atom. The lowest BCUT2D eigenvalue weighted by Crippen LogP contribution is -2.31. The Bertz CT molecular complexity index is 189. The Labute approximate surface area is 70.7 Å². The Balaban J connectivity index is 1.94. The van der Waals surface area contributed by atoms with Crippen molar-refractivity contribution in [1.82, 2.24) is 10.2 Å². The van der Waals surface area contributed by atoms with E-state index in [4.69, 9.17) is 0 Å². The van der Waals surface area contributed by atoms with Crippen LogP contribution in [0.4, 0.5) is 4.79 Å². The summed E-state index contributed by atoms with van der Waals surface area (Å²) in [7, 11) is 0. The topological polar surface area (TPSA) is 58.4 Å². The molecule has 0 saturated carbocycles. The van der Waals surface area contributed by atoms with Crippen LogP contribution >= 0.6 is 0 Å². The first kappa shape index (κ1) is 8.83. The zero-order chi connectivity index (χ0) is 8.97. The molecule has 1 heterocycles. The highest BCUT2D eigenvalue weighted by molar-refractivity contribution is 5.76. The molecule has 12 heavy (non-hydrogen) atoms. The first-order valence-corrected chi connectivity index (χ1v) is 3.86. The van der Waals surface area contributed by atoms with E-state index in [0.29, 0.717) is 6.54 Å². The number of esters is 1. The van der Waals surface area contributed by atoms with Crippen LogP contribution in [0.25, 0.3) is 0 Å². The van der Waals surface area contributed by atoms with Gasteiger partial charge in [0.15, 0.2) is 0 Å². The molecule has 0 spiro atoms. The van der Waals surface area contributed by atoms with E-state index in [1.165, 1.54) is 6.92 Å². The van der Waals surface area contributed by atoms with Gasteiger partial charge in [-0.05, 0) is 0 Å². The second-order valence-electron chi connectivity index (χ2n) is 2.56. The zero-order valence-electron chi connectivity index (χ0n) is 7.00. The molecule has 2 amide bonds. The number of rotatable bonds is 3. The summed E-state index contributed by atoms with van der Waals surface area (Å²) in [5, 5.41) is 2.61. The summed E-state index contributed by atoms with van der Waals surface area (Å²) in [6, 6.07) is -0.0813. The van der Waals surface area contributed by atoms with Gasteiger partial charge in [-0.3, -0.25) is 4.79 Å². The Hall–Kier alpha value is -1.26. The van der Waals surface area contributed by atoms with Gasteiger partial charge >= 0.3 is 12.0 Å². The monoisotopic (exact) mass is 172 g/mol. The normalized spacial score (nSPS) is 13.9. The van der Waals surface area contributed by atoms with Crippen molar-refractivity contribution in [3.05, 3.63) is 0 Å². The van der Waals surface area contributed by atoms with Gasteiger partial charge in [0.1, 0.15) is 6.61 Å². The van der Waals surface area contributed by atoms with Crippen LogP contribution in [0.3, 0.4) is 0 Å². The van der Waals surface area contributed by atoms with Gasteiger partial charge in [0.2, 0.25) is 0 Å². The third kappa shape index (κ3) is 3.23. The third-order valence-electron chi connectivity index (χ3n) is 1.42. The fourth-order valence-electron chi connectivity index (χ4n) is 0.718. The molecule has 5 nitrogen and oxygen atoms in total. The highest BCUT2D eigenvalue weighted by Gasteiger charge is 2.23. The molecule has 0 radical (unpaired) electrons. The van der Waals surface area contributed by atoms with Crippen LogP contribution < -0.4 is 5.32 Å². The molecule has 5 heteroatoms. The predicted octanol–water partition coefficient (Wildman–Crippen LogP) is -0.425. The van der Waals surface area contributed by atoms with Crippen LogP contribution in [0.15, 0.2) is 0 Å². The summed E-state index contributed by atoms with van der Waals surface area (Å²) in [4.78, 5) is 22.9. The lowest BCUT2D eigenvalue weighted by atomic mass is 10.6. The van der Waals surface area contributed by atoms with Crippen molar-refractivity contribution < 1.29 is 14.3 Å². The van der Waals surface area contributed by atoms with Crippen molar-refractivity contribution in [2.75, 3.05) is 26.2 Å². The molecule has 1 aliphatic heterocycles. The van der Waals surface area contributed by atoms with E-state index in [-0.39, 0.29) is 18.6 Å². The maximum absolute atomic E-state index is 10.9. The van der Waals surface area contributed by atoms with E-state index in [9.17, 15) is 9.59 Å². The van der Waals surface area contributed by atoms with Crippen molar-refractivity contribution in [3.8, 4) is 0 Å². The maximum atomic E-state index is 10.9. The number of hydrogen-bond donors (Lipinski definition) is 1. The number of nitrogens with one attached hydrogen (secondary N) is 1. The van der Waals surface area contributed by atoms with Gasteiger partial charge in [0, 0.05) is 20.0 Å². The lowest BCUT2D eigenvalue weighted by Gasteiger charge is -2.04. The smallest absolute Gasteiger partial charge is 0.317 e. The molecule has 0 aromatic rings. The van der Waals surface area contributed by atoms with Crippen LogP contribution in [0.1, 0.15) is 6.92 Å². The quantitative estimate of drug-likeness (QED) is 0.357. The Morgan fingerprint density at radius 3 is 2.67 bits per heavy atom. The summed E-state index contributed by atoms with van der Waals surface area (Å²) >= 11 is 0. The van der Waals surface area contributed by atoms with Gasteiger partial charge in [-0.1, -0.05) is 0 Å². The van der Waals surface area contributed by atoms with Crippen LogP contribution in [0, 0.1) is 0 Å². The number of carbonyl (C=O) groups is 2. The Kier molecular flexibility index (Phi) is 2.90. The highest BCUT2D eigenvalue weighted by atomic mass is 16.5. The fourth-order valence-corrected chi connectivity index (χ4v) is 0.718. The van der Waals surface area contributed by atoms with Crippen molar-refractivity contribution in [3.63, 3.8) is 0 Å². The Morgan fingerprint density at radius 1 is 1.50 bits per heavy atom. The molecule has 1 N–H and O–H groups in total. The van der Waals surface area contributed by atoms with E-state index < -0.39 is 0 Å². The molecule has 0 aliphatic carbocycles. The van der Waals surface area contributed by atoms with Crippen LogP contribution in [0.2, 0.25) is 0 Å². The highest BCUT2D eigenvalue weighted by Crippen LogP contribution is 2.01. The first-order valence-electron chi connectivity index (χ1n) is 3.86. The maximum Gasteiger partial charge on any atom is 0.317 e. The van der Waals surface area contributed by atoms with Crippen molar-refractivity contribution >= 4 is 12.0 Å². The number of carbonyl (C=O) groups excluding carboxylic acids is 2. The first-order chi connectivity index (χ1) is 5.70. The number of amides is 2. The SMILES string of the molecule is CC(=O)OCCNC(=O)N1CC1. The summed E-state index contributed by atoms with van der Waals surface area (Å²) < 4.78 is 4.62. The summed E-state index contributed by atoms with van der Waals surface area (Å²) in [5.74, 6) is -0.323. The predicted molar refractivity (Wildman–Crippen MR) is 41.6 cm³/mol. The van der Waals surface area contributed by atoms with Crippen LogP contribution in [0.5, 0.6) is 0 Å². The molecule has 0 atom stereocenters. The molecule has 0 aromatic carbocycles. The summed E-state index contributed by atoms with van der Waals surface area (Å²) in [6.07, 6.45) is 0. The molecule has 1 aliphatic rings. The second kappa shape index (κ2) is 3.94. The standard InChI is InChI=1S/C7H12N2O3/c1-6(10)12-5-2-8-7(11)9-3-4-9/h2-5H2,1H3,(H,8,11). The molecule has 1 rings (SSSR count). The third-order valence-corrected chi connectivity index (χ3v) is 1.42. The number of ether oxygens (including phenoxy) is 1. The molecular formula is C7H12N2O3. The fraction of sp³-hybridized carbons (Fsp3) is 0.714. The van der Waals surface area contributed by atoms with Gasteiger partial charge < -0.3 is 15.0 Å². The van der Waals surface area contributed by atoms with Gasteiger partial charge in [-0.2, -0.15) is 0 Å². The minimum Gasteiger partial charge on any atom is -0.464 e. The number of hydrogen-bond acceptors (Lipinski definition) is 3. The molecule has 1 fully saturated rings. The van der Waals surface area contributed by atoms with Gasteiger partial charge in [-0.15, -0.1) is 0 Å². The van der Waals surface area contributed by atoms with E-state index in [2.05, 4.69) is 10.1 Å². The van der Waals surface area contributed by atoms with E-state index in [0.717, 1.165) is 13.1 Å². The lowest BCUT2D eigenvalue weighted by molar-refractivity contribution is -0.140.